The minimum absolute atomic E-state index is 0.730. The molecular weight excluding hydrogens is 1320 g/mol. The van der Waals surface area contributed by atoms with Crippen LogP contribution >= 0.6 is 46.0 Å². The summed E-state index contributed by atoms with van der Waals surface area (Å²) in [5.74, 6) is 0.730. The number of aromatic nitrogens is 6. The van der Waals surface area contributed by atoms with Crippen molar-refractivity contribution < 1.29 is 0 Å². The Kier molecular flexibility index (Phi) is 21.6. The second-order valence-corrected chi connectivity index (χ2v) is 32.7. The first-order valence-electron chi connectivity index (χ1n) is 35.5. The van der Waals surface area contributed by atoms with Crippen LogP contribution in [0.4, 0.5) is 5.95 Å². The Morgan fingerprint density at radius 3 is 1.10 bits per heavy atom. The highest BCUT2D eigenvalue weighted by molar-refractivity contribution is 7.98. The van der Waals surface area contributed by atoms with Crippen molar-refractivity contribution in [2.45, 2.75) is 119 Å². The summed E-state index contributed by atoms with van der Waals surface area (Å²) in [5.41, 5.74) is 28.3. The quantitative estimate of drug-likeness (QED) is 0.126. The Labute approximate surface area is 616 Å². The van der Waals surface area contributed by atoms with Crippen LogP contribution in [0.2, 0.25) is 5.02 Å². The van der Waals surface area contributed by atoms with Gasteiger partial charge in [0.25, 0.3) is 0 Å². The summed E-state index contributed by atoms with van der Waals surface area (Å²) in [7, 11) is 12.7. The van der Waals surface area contributed by atoms with Crippen molar-refractivity contribution in [3.63, 3.8) is 0 Å². The van der Waals surface area contributed by atoms with E-state index in [0.717, 1.165) is 94.6 Å². The minimum atomic E-state index is 0.730. The average Bonchev–Trinajstić information content (AvgIpc) is 1.63. The maximum atomic E-state index is 6.30. The molecule has 0 spiro atoms. The molecule has 11 heterocycles. The maximum absolute atomic E-state index is 6.30. The van der Waals surface area contributed by atoms with E-state index in [0.29, 0.717) is 0 Å². The zero-order valence-corrected chi connectivity index (χ0v) is 65.2. The van der Waals surface area contributed by atoms with E-state index in [1.807, 2.05) is 60.1 Å². The van der Waals surface area contributed by atoms with E-state index in [4.69, 9.17) is 11.6 Å². The molecular formula is C86H98ClN11S3. The van der Waals surface area contributed by atoms with Crippen molar-refractivity contribution in [2.75, 3.05) is 79.6 Å². The molecule has 0 radical (unpaired) electrons. The number of allylic oxidation sites excluding steroid dienone is 4. The van der Waals surface area contributed by atoms with Gasteiger partial charge in [-0.15, -0.1) is 34.4 Å². The van der Waals surface area contributed by atoms with Gasteiger partial charge in [-0.2, -0.15) is 0 Å². The zero-order chi connectivity index (χ0) is 71.1. The van der Waals surface area contributed by atoms with Gasteiger partial charge in [0.15, 0.2) is 0 Å². The van der Waals surface area contributed by atoms with Gasteiger partial charge >= 0.3 is 0 Å². The lowest BCUT2D eigenvalue weighted by Gasteiger charge is -2.23. The van der Waals surface area contributed by atoms with Gasteiger partial charge in [-0.3, -0.25) is 0 Å². The van der Waals surface area contributed by atoms with Gasteiger partial charge in [-0.05, 0) is 238 Å². The molecule has 0 unspecified atom stereocenters. The smallest absolute Gasteiger partial charge is 0.224 e. The molecule has 101 heavy (non-hydrogen) atoms. The molecule has 0 N–H and O–H groups in total. The molecule has 15 heteroatoms. The molecule has 0 atom stereocenters. The van der Waals surface area contributed by atoms with E-state index >= 15 is 0 Å². The van der Waals surface area contributed by atoms with Gasteiger partial charge in [0, 0.05) is 209 Å². The summed E-state index contributed by atoms with van der Waals surface area (Å²) < 4.78 is 9.65. The van der Waals surface area contributed by atoms with Gasteiger partial charge in [0.1, 0.15) is 0 Å². The summed E-state index contributed by atoms with van der Waals surface area (Å²) in [4.78, 5) is 27.2. The molecule has 4 aliphatic rings. The number of thioether (sulfide) groups is 1. The van der Waals surface area contributed by atoms with E-state index in [1.165, 1.54) is 158 Å². The summed E-state index contributed by atoms with van der Waals surface area (Å²) in [5, 5.41) is 6.30. The lowest BCUT2D eigenvalue weighted by Crippen LogP contribution is -2.26. The van der Waals surface area contributed by atoms with Gasteiger partial charge in [-0.25, -0.2) is 9.97 Å². The Morgan fingerprint density at radius 1 is 0.426 bits per heavy atom. The minimum Gasteiger partial charge on any atom is -0.347 e. The van der Waals surface area contributed by atoms with Crippen LogP contribution in [0.5, 0.6) is 0 Å². The van der Waals surface area contributed by atoms with Crippen LogP contribution < -0.4 is 4.90 Å². The van der Waals surface area contributed by atoms with Crippen LogP contribution in [-0.2, 0) is 51.9 Å². The fraction of sp³-hybridized carbons (Fsp3) is 0.326. The number of benzene rings is 5. The molecule has 4 aliphatic heterocycles. The van der Waals surface area contributed by atoms with Crippen molar-refractivity contribution in [2.24, 2.45) is 0 Å². The standard InChI is InChI=1S/C22H23ClN2S.C22H27N5.2C21H24N2S/c1-15(16-4-7-18(26-3)8-5-16)13-25-21-9-6-17(23)12-19(21)20-14-24(2)11-10-22(20)25;1-15-6-7-20-18(10-15)19-14-26(5)9-8-21(19)27(20)13-16(2)17-11-23-22(24-12-17)25(3)4;2*1-14-5-7-19-17(11-14)18-13-22(4)10-9-20(18)23(19)12-15(2)21-8-6-16(3)24-21/h4-9,12-13H,10-11,14H2,1-3H3;6-7,10-13H,8-9,14H2,1-5H3;2*5-8,11-12H,9-10,13H2,1-4H3/b15-13+;16-13-;15-12+;15-12-. The van der Waals surface area contributed by atoms with Crippen LogP contribution in [0.3, 0.4) is 0 Å². The highest BCUT2D eigenvalue weighted by Gasteiger charge is 2.27. The van der Waals surface area contributed by atoms with Gasteiger partial charge in [0.2, 0.25) is 5.95 Å². The second-order valence-electron chi connectivity index (χ2n) is 28.8. The number of hydrogen-bond acceptors (Lipinski definition) is 10. The van der Waals surface area contributed by atoms with E-state index in [9.17, 15) is 0 Å². The van der Waals surface area contributed by atoms with Crippen LogP contribution in [-0.4, -0.2) is 123 Å². The third kappa shape index (κ3) is 15.4. The molecule has 5 aromatic carbocycles. The number of aryl methyl sites for hydroxylation is 5. The fourth-order valence-electron chi connectivity index (χ4n) is 15.0. The number of nitrogens with zero attached hydrogens (tertiary/aromatic N) is 11. The Morgan fingerprint density at radius 2 is 0.762 bits per heavy atom. The normalized spacial score (nSPS) is 15.6. The molecule has 0 amide bonds. The van der Waals surface area contributed by atoms with Crippen LogP contribution in [0, 0.1) is 34.6 Å². The van der Waals surface area contributed by atoms with Crippen molar-refractivity contribution in [1.82, 2.24) is 47.8 Å². The molecule has 11 nitrogen and oxygen atoms in total. The lowest BCUT2D eigenvalue weighted by molar-refractivity contribution is 0.312. The SMILES string of the molecule is C/C(=C/n1c2c(c3cc(C)ccc31)CN(C)CC2)c1ccc(C)s1.C/C(=C/n1c2c(c3cc(C)ccc31)CN(C)CC2)c1cnc(N(C)C)nc1.C/C(=C\n1c2c(c3cc(C)ccc31)CN(C)CC2)c1ccc(C)s1.CSc1ccc(/C(C)=C/n2c3c(c4cc(Cl)ccc42)CN(C)CC3)cc1. The first-order chi connectivity index (χ1) is 48.5. The number of fused-ring (bicyclic) bond motifs is 12. The molecule has 16 rings (SSSR count). The predicted octanol–water partition coefficient (Wildman–Crippen LogP) is 20.5. The zero-order valence-electron chi connectivity index (χ0n) is 62.0. The maximum Gasteiger partial charge on any atom is 0.224 e. The number of rotatable bonds is 10. The largest absolute Gasteiger partial charge is 0.347 e. The molecule has 0 fully saturated rings. The number of likely N-dealkylation sites (N-methyl/N-ethyl adjacent to an activating group) is 4. The fourth-order valence-corrected chi connectivity index (χ4v) is 17.2. The number of hydrogen-bond donors (Lipinski definition) is 0. The molecule has 0 aliphatic carbocycles. The molecule has 0 bridgehead atoms. The highest BCUT2D eigenvalue weighted by atomic mass is 35.5. The van der Waals surface area contributed by atoms with Crippen LogP contribution in [0.1, 0.15) is 120 Å². The van der Waals surface area contributed by atoms with Gasteiger partial charge in [-0.1, -0.05) is 58.6 Å². The average molecular weight is 1420 g/mol. The summed E-state index contributed by atoms with van der Waals surface area (Å²) in [6.45, 7) is 28.2. The van der Waals surface area contributed by atoms with E-state index in [-0.39, 0.29) is 0 Å². The third-order valence-corrected chi connectivity index (χ3v) is 23.8. The van der Waals surface area contributed by atoms with Crippen LogP contribution in [0.25, 0.3) is 90.7 Å². The van der Waals surface area contributed by atoms with Crippen molar-refractivity contribution >= 4 is 143 Å². The lowest BCUT2D eigenvalue weighted by atomic mass is 10.0. The first kappa shape index (κ1) is 71.4. The van der Waals surface area contributed by atoms with Crippen LogP contribution in [0.15, 0.2) is 139 Å². The Bertz CT molecular complexity index is 5020. The number of thiophene rings is 2. The van der Waals surface area contributed by atoms with E-state index in [1.54, 1.807) is 11.8 Å². The van der Waals surface area contributed by atoms with E-state index in [2.05, 4.69) is 285 Å². The third-order valence-electron chi connectivity index (χ3n) is 20.5. The van der Waals surface area contributed by atoms with Crippen molar-refractivity contribution in [1.29, 1.82) is 0 Å². The van der Waals surface area contributed by atoms with Gasteiger partial charge in [0.05, 0.1) is 22.1 Å². The van der Waals surface area contributed by atoms with E-state index < -0.39 is 0 Å². The summed E-state index contributed by atoms with van der Waals surface area (Å²) >= 11 is 11.8. The van der Waals surface area contributed by atoms with Crippen molar-refractivity contribution in [3.05, 3.63) is 231 Å². The highest BCUT2D eigenvalue weighted by Crippen LogP contribution is 2.39. The second kappa shape index (κ2) is 30.5. The Hall–Kier alpha value is -8.02. The summed E-state index contributed by atoms with van der Waals surface area (Å²) in [6, 6.07) is 44.4. The molecule has 12 aromatic rings. The predicted molar refractivity (Wildman–Crippen MR) is 439 cm³/mol. The molecule has 0 saturated heterocycles. The topological polar surface area (TPSA) is 61.7 Å². The number of halogens is 1. The summed E-state index contributed by atoms with van der Waals surface area (Å²) in [6.07, 6.45) is 19.5. The first-order valence-corrected chi connectivity index (χ1v) is 38.7. The number of anilines is 1. The molecule has 522 valence electrons. The molecule has 0 saturated carbocycles. The monoisotopic (exact) mass is 1420 g/mol. The molecule has 7 aromatic heterocycles. The Balaban J connectivity index is 0.000000121. The van der Waals surface area contributed by atoms with Gasteiger partial charge < -0.3 is 42.8 Å². The van der Waals surface area contributed by atoms with Crippen molar-refractivity contribution in [3.8, 4) is 0 Å².